The van der Waals surface area contributed by atoms with Crippen LogP contribution in [0.4, 0.5) is 0 Å². The molecule has 2 atom stereocenters. The first kappa shape index (κ1) is 21.2. The molecule has 27 heavy (non-hydrogen) atoms. The van der Waals surface area contributed by atoms with Gasteiger partial charge in [-0.2, -0.15) is 0 Å². The highest BCUT2D eigenvalue weighted by Gasteiger charge is 2.32. The summed E-state index contributed by atoms with van der Waals surface area (Å²) in [5.74, 6) is -0.745. The average Bonchev–Trinajstić information content (AvgIpc) is 3.25. The topological polar surface area (TPSA) is 88.7 Å². The molecule has 1 amide bonds. The van der Waals surface area contributed by atoms with Crippen molar-refractivity contribution in [2.45, 2.75) is 66.0 Å². The number of aromatic amines is 1. The molecule has 0 bridgehead atoms. The minimum absolute atomic E-state index is 0.0285. The Labute approximate surface area is 160 Å². The number of esters is 1. The van der Waals surface area contributed by atoms with Crippen LogP contribution in [0.25, 0.3) is 0 Å². The second-order valence-corrected chi connectivity index (χ2v) is 6.92. The lowest BCUT2D eigenvalue weighted by Gasteiger charge is -2.30. The van der Waals surface area contributed by atoms with Crippen molar-refractivity contribution < 1.29 is 23.9 Å². The van der Waals surface area contributed by atoms with Crippen molar-refractivity contribution in [1.82, 2.24) is 9.88 Å². The molecule has 7 heteroatoms. The Morgan fingerprint density at radius 3 is 2.56 bits per heavy atom. The van der Waals surface area contributed by atoms with Crippen LogP contribution in [0, 0.1) is 13.8 Å². The predicted molar refractivity (Wildman–Crippen MR) is 101 cm³/mol. The van der Waals surface area contributed by atoms with Gasteiger partial charge >= 0.3 is 5.97 Å². The van der Waals surface area contributed by atoms with E-state index in [0.29, 0.717) is 36.4 Å². The number of Topliss-reactive ketones (excluding diaryl/α,β-unsaturated/α-hetero) is 1. The molecule has 1 aromatic rings. The van der Waals surface area contributed by atoms with Crippen LogP contribution in [0.5, 0.6) is 0 Å². The van der Waals surface area contributed by atoms with Gasteiger partial charge in [0.15, 0.2) is 5.78 Å². The van der Waals surface area contributed by atoms with Gasteiger partial charge in [0.1, 0.15) is 5.69 Å². The summed E-state index contributed by atoms with van der Waals surface area (Å²) >= 11 is 0. The summed E-state index contributed by atoms with van der Waals surface area (Å²) in [5, 5.41) is 0. The fourth-order valence-electron chi connectivity index (χ4n) is 3.56. The zero-order chi connectivity index (χ0) is 20.1. The second kappa shape index (κ2) is 9.17. The molecule has 2 rings (SSSR count). The monoisotopic (exact) mass is 378 g/mol. The van der Waals surface area contributed by atoms with E-state index in [-0.39, 0.29) is 30.1 Å². The zero-order valence-corrected chi connectivity index (χ0v) is 16.9. The molecule has 1 aromatic heterocycles. The fraction of sp³-hybridized carbons (Fsp3) is 0.650. The number of hydrogen-bond donors (Lipinski definition) is 1. The lowest BCUT2D eigenvalue weighted by molar-refractivity contribution is -0.133. The maximum atomic E-state index is 13.2. The number of H-pyrrole nitrogens is 1. The van der Waals surface area contributed by atoms with Crippen molar-refractivity contribution in [3.63, 3.8) is 0 Å². The van der Waals surface area contributed by atoms with Gasteiger partial charge < -0.3 is 19.4 Å². The van der Waals surface area contributed by atoms with Crippen LogP contribution in [0.1, 0.15) is 72.1 Å². The molecule has 150 valence electrons. The Morgan fingerprint density at radius 1 is 1.30 bits per heavy atom. The first-order chi connectivity index (χ1) is 12.8. The van der Waals surface area contributed by atoms with Gasteiger partial charge in [0.2, 0.25) is 5.91 Å². The van der Waals surface area contributed by atoms with Crippen molar-refractivity contribution in [3.05, 3.63) is 22.5 Å². The van der Waals surface area contributed by atoms with Crippen LogP contribution >= 0.6 is 0 Å². The molecule has 0 radical (unpaired) electrons. The van der Waals surface area contributed by atoms with Crippen molar-refractivity contribution in [2.75, 3.05) is 19.8 Å². The largest absolute Gasteiger partial charge is 0.461 e. The molecule has 7 nitrogen and oxygen atoms in total. The summed E-state index contributed by atoms with van der Waals surface area (Å²) in [4.78, 5) is 42.4. The van der Waals surface area contributed by atoms with Gasteiger partial charge in [0.05, 0.1) is 18.8 Å². The molecule has 1 fully saturated rings. The number of aromatic nitrogens is 1. The number of amides is 1. The van der Waals surface area contributed by atoms with E-state index in [2.05, 4.69) is 4.98 Å². The van der Waals surface area contributed by atoms with E-state index in [1.807, 2.05) is 0 Å². The number of rotatable bonds is 8. The van der Waals surface area contributed by atoms with Gasteiger partial charge in [-0.3, -0.25) is 9.59 Å². The fourth-order valence-corrected chi connectivity index (χ4v) is 3.56. The van der Waals surface area contributed by atoms with E-state index in [0.717, 1.165) is 12.8 Å². The summed E-state index contributed by atoms with van der Waals surface area (Å²) in [6, 6.07) is -0.634. The van der Waals surface area contributed by atoms with Gasteiger partial charge in [-0.05, 0) is 46.1 Å². The highest BCUT2D eigenvalue weighted by molar-refractivity contribution is 6.06. The first-order valence-corrected chi connectivity index (χ1v) is 9.63. The van der Waals surface area contributed by atoms with Gasteiger partial charge in [-0.25, -0.2) is 4.79 Å². The highest BCUT2D eigenvalue weighted by Crippen LogP contribution is 2.23. The molecule has 2 heterocycles. The zero-order valence-electron chi connectivity index (χ0n) is 16.9. The molecule has 1 aliphatic rings. The van der Waals surface area contributed by atoms with E-state index in [4.69, 9.17) is 9.47 Å². The van der Waals surface area contributed by atoms with Crippen LogP contribution in [0.2, 0.25) is 0 Å². The SMILES string of the molecule is CCOC(=O)c1[nH]c(C)c(C(=O)[C@@H](C)N(C[C@@H]2CCCO2)C(=O)CC)c1C. The number of carbonyl (C=O) groups is 3. The first-order valence-electron chi connectivity index (χ1n) is 9.63. The minimum Gasteiger partial charge on any atom is -0.461 e. The minimum atomic E-state index is -0.634. The summed E-state index contributed by atoms with van der Waals surface area (Å²) in [5.41, 5.74) is 1.90. The Hall–Kier alpha value is -2.15. The summed E-state index contributed by atoms with van der Waals surface area (Å²) in [6.45, 7) is 10.1. The third kappa shape index (κ3) is 4.58. The smallest absolute Gasteiger partial charge is 0.355 e. The van der Waals surface area contributed by atoms with Crippen LogP contribution in [-0.4, -0.2) is 59.4 Å². The number of aryl methyl sites for hydroxylation is 1. The number of nitrogens with one attached hydrogen (secondary N) is 1. The maximum absolute atomic E-state index is 13.2. The lowest BCUT2D eigenvalue weighted by atomic mass is 9.99. The Balaban J connectivity index is 2.27. The third-order valence-corrected chi connectivity index (χ3v) is 5.06. The van der Waals surface area contributed by atoms with Crippen LogP contribution in [0.3, 0.4) is 0 Å². The van der Waals surface area contributed by atoms with E-state index in [9.17, 15) is 14.4 Å². The average molecular weight is 378 g/mol. The van der Waals surface area contributed by atoms with Crippen molar-refractivity contribution in [2.24, 2.45) is 0 Å². The van der Waals surface area contributed by atoms with E-state index < -0.39 is 12.0 Å². The van der Waals surface area contributed by atoms with E-state index in [1.54, 1.807) is 39.5 Å². The molecular weight excluding hydrogens is 348 g/mol. The quantitative estimate of drug-likeness (QED) is 0.555. The lowest BCUT2D eigenvalue weighted by Crippen LogP contribution is -2.46. The van der Waals surface area contributed by atoms with Crippen molar-refractivity contribution in [1.29, 1.82) is 0 Å². The van der Waals surface area contributed by atoms with Gasteiger partial charge in [-0.15, -0.1) is 0 Å². The number of carbonyl (C=O) groups excluding carboxylic acids is 3. The Kier molecular flexibility index (Phi) is 7.18. The van der Waals surface area contributed by atoms with Crippen molar-refractivity contribution >= 4 is 17.7 Å². The summed E-state index contributed by atoms with van der Waals surface area (Å²) < 4.78 is 10.7. The van der Waals surface area contributed by atoms with Crippen LogP contribution in [-0.2, 0) is 14.3 Å². The summed E-state index contributed by atoms with van der Waals surface area (Å²) in [7, 11) is 0. The van der Waals surface area contributed by atoms with Crippen LogP contribution < -0.4 is 0 Å². The highest BCUT2D eigenvalue weighted by atomic mass is 16.5. The van der Waals surface area contributed by atoms with Crippen molar-refractivity contribution in [3.8, 4) is 0 Å². The maximum Gasteiger partial charge on any atom is 0.355 e. The predicted octanol–water partition coefficient (Wildman–Crippen LogP) is 2.80. The second-order valence-electron chi connectivity index (χ2n) is 6.92. The molecule has 0 spiro atoms. The summed E-state index contributed by atoms with van der Waals surface area (Å²) in [6.07, 6.45) is 2.16. The molecule has 0 aromatic carbocycles. The number of nitrogens with zero attached hydrogens (tertiary/aromatic N) is 1. The van der Waals surface area contributed by atoms with E-state index >= 15 is 0 Å². The standard InChI is InChI=1S/C20H30N2O5/c1-6-16(23)22(11-15-9-8-10-27-15)14(5)19(24)17-12(3)18(21-13(17)4)20(25)26-7-2/h14-15,21H,6-11H2,1-5H3/t14-,15+/m1/s1. The number of ether oxygens (including phenoxy) is 2. The van der Waals surface area contributed by atoms with Crippen LogP contribution in [0.15, 0.2) is 0 Å². The molecule has 1 N–H and O–H groups in total. The molecular formula is C20H30N2O5. The molecule has 1 saturated heterocycles. The van der Waals surface area contributed by atoms with E-state index in [1.165, 1.54) is 0 Å². The molecule has 0 saturated carbocycles. The van der Waals surface area contributed by atoms with Gasteiger partial charge in [0, 0.05) is 30.8 Å². The Bertz CT molecular complexity index is 703. The number of hydrogen-bond acceptors (Lipinski definition) is 5. The normalized spacial score (nSPS) is 17.6. The number of ketones is 1. The molecule has 0 unspecified atom stereocenters. The third-order valence-electron chi connectivity index (χ3n) is 5.06. The van der Waals surface area contributed by atoms with Gasteiger partial charge in [0.25, 0.3) is 0 Å². The molecule has 0 aliphatic carbocycles. The Morgan fingerprint density at radius 2 is 2.00 bits per heavy atom. The molecule has 1 aliphatic heterocycles. The van der Waals surface area contributed by atoms with Gasteiger partial charge in [-0.1, -0.05) is 6.92 Å².